The lowest BCUT2D eigenvalue weighted by Gasteiger charge is -2.26. The number of nitrogens with one attached hydrogen (secondary N) is 2. The third-order valence-electron chi connectivity index (χ3n) is 3.42. The first-order valence-corrected chi connectivity index (χ1v) is 9.25. The molecule has 0 aromatic carbocycles. The maximum absolute atomic E-state index is 12.0. The molecular weight excluding hydrogens is 256 g/mol. The van der Waals surface area contributed by atoms with Gasteiger partial charge in [0.05, 0.1) is 5.75 Å². The van der Waals surface area contributed by atoms with Crippen molar-refractivity contribution in [3.8, 4) is 0 Å². The maximum Gasteiger partial charge on any atom is 0.212 e. The molecule has 2 aliphatic rings. The summed E-state index contributed by atoms with van der Waals surface area (Å²) in [6, 6.07) is 0.179. The Morgan fingerprint density at radius 2 is 2.00 bits per heavy atom. The zero-order chi connectivity index (χ0) is 12.1. The molecule has 17 heavy (non-hydrogen) atoms. The highest BCUT2D eigenvalue weighted by molar-refractivity contribution is 7.99. The first kappa shape index (κ1) is 13.6. The van der Waals surface area contributed by atoms with Gasteiger partial charge in [-0.3, -0.25) is 0 Å². The minimum atomic E-state index is -3.08. The molecule has 0 radical (unpaired) electrons. The van der Waals surface area contributed by atoms with Crippen molar-refractivity contribution in [2.45, 2.75) is 31.7 Å². The van der Waals surface area contributed by atoms with E-state index in [1.165, 1.54) is 0 Å². The zero-order valence-electron chi connectivity index (χ0n) is 10.2. The minimum absolute atomic E-state index is 0.179. The summed E-state index contributed by atoms with van der Waals surface area (Å²) in [6.07, 6.45) is 4.09. The minimum Gasteiger partial charge on any atom is -0.316 e. The van der Waals surface area contributed by atoms with Gasteiger partial charge in [-0.15, -0.1) is 0 Å². The van der Waals surface area contributed by atoms with Crippen LogP contribution in [0.3, 0.4) is 0 Å². The molecule has 6 heteroatoms. The molecular formula is C11H22N2O2S2. The fraction of sp³-hybridized carbons (Fsp3) is 1.00. The van der Waals surface area contributed by atoms with E-state index in [0.29, 0.717) is 11.7 Å². The second-order valence-electron chi connectivity index (χ2n) is 5.00. The molecule has 2 aliphatic heterocycles. The lowest BCUT2D eigenvalue weighted by Crippen LogP contribution is -2.42. The summed E-state index contributed by atoms with van der Waals surface area (Å²) in [6.45, 7) is 1.88. The van der Waals surface area contributed by atoms with Crippen LogP contribution in [-0.2, 0) is 10.0 Å². The van der Waals surface area contributed by atoms with Gasteiger partial charge in [-0.05, 0) is 56.2 Å². The van der Waals surface area contributed by atoms with Crippen molar-refractivity contribution in [2.75, 3.05) is 30.3 Å². The summed E-state index contributed by atoms with van der Waals surface area (Å²) in [4.78, 5) is 0. The van der Waals surface area contributed by atoms with Crippen molar-refractivity contribution in [3.63, 3.8) is 0 Å². The van der Waals surface area contributed by atoms with Gasteiger partial charge in [-0.1, -0.05) is 0 Å². The van der Waals surface area contributed by atoms with Gasteiger partial charge in [-0.25, -0.2) is 13.1 Å². The smallest absolute Gasteiger partial charge is 0.212 e. The molecule has 2 fully saturated rings. The van der Waals surface area contributed by atoms with Crippen molar-refractivity contribution in [1.29, 1.82) is 0 Å². The van der Waals surface area contributed by atoms with Crippen molar-refractivity contribution < 1.29 is 8.42 Å². The summed E-state index contributed by atoms with van der Waals surface area (Å²) in [5.74, 6) is 2.75. The van der Waals surface area contributed by atoms with Gasteiger partial charge in [0.25, 0.3) is 0 Å². The maximum atomic E-state index is 12.0. The standard InChI is InChI=1S/C11H22N2O2S2/c14-17(15,9-10-2-1-5-12-8-10)13-11-3-6-16-7-4-11/h10-13H,1-9H2. The number of hydrogen-bond acceptors (Lipinski definition) is 4. The molecule has 0 aliphatic carbocycles. The van der Waals surface area contributed by atoms with E-state index in [4.69, 9.17) is 0 Å². The fourth-order valence-corrected chi connectivity index (χ4v) is 5.35. The first-order valence-electron chi connectivity index (χ1n) is 6.44. The molecule has 2 rings (SSSR count). The summed E-state index contributed by atoms with van der Waals surface area (Å²) in [7, 11) is -3.08. The van der Waals surface area contributed by atoms with Crippen molar-refractivity contribution in [2.24, 2.45) is 5.92 Å². The van der Waals surface area contributed by atoms with E-state index in [2.05, 4.69) is 10.0 Å². The van der Waals surface area contributed by atoms with E-state index < -0.39 is 10.0 Å². The Morgan fingerprint density at radius 1 is 1.24 bits per heavy atom. The molecule has 0 amide bonds. The fourth-order valence-electron chi connectivity index (χ4n) is 2.49. The van der Waals surface area contributed by atoms with E-state index in [0.717, 1.165) is 50.3 Å². The molecule has 2 saturated heterocycles. The molecule has 0 bridgehead atoms. The average Bonchev–Trinajstić information content (AvgIpc) is 2.30. The monoisotopic (exact) mass is 278 g/mol. The zero-order valence-corrected chi connectivity index (χ0v) is 11.8. The second-order valence-corrected chi connectivity index (χ2v) is 8.02. The third kappa shape index (κ3) is 4.77. The van der Waals surface area contributed by atoms with Crippen LogP contribution < -0.4 is 10.0 Å². The Labute approximate surface area is 108 Å². The molecule has 4 nitrogen and oxygen atoms in total. The normalized spacial score (nSPS) is 28.1. The predicted molar refractivity (Wildman–Crippen MR) is 72.9 cm³/mol. The van der Waals surface area contributed by atoms with Crippen LogP contribution in [0.5, 0.6) is 0 Å². The van der Waals surface area contributed by atoms with E-state index in [-0.39, 0.29) is 6.04 Å². The number of sulfonamides is 1. The molecule has 0 saturated carbocycles. The number of rotatable bonds is 4. The van der Waals surface area contributed by atoms with Crippen LogP contribution in [0.2, 0.25) is 0 Å². The van der Waals surface area contributed by atoms with Gasteiger partial charge in [0.15, 0.2) is 0 Å². The van der Waals surface area contributed by atoms with Crippen LogP contribution >= 0.6 is 11.8 Å². The molecule has 2 N–H and O–H groups in total. The van der Waals surface area contributed by atoms with Gasteiger partial charge in [-0.2, -0.15) is 11.8 Å². The van der Waals surface area contributed by atoms with Crippen LogP contribution in [0.15, 0.2) is 0 Å². The lowest BCUT2D eigenvalue weighted by atomic mass is 10.0. The highest BCUT2D eigenvalue weighted by atomic mass is 32.2. The number of thioether (sulfide) groups is 1. The Kier molecular flexibility index (Phi) is 5.14. The van der Waals surface area contributed by atoms with Gasteiger partial charge >= 0.3 is 0 Å². The summed E-state index contributed by atoms with van der Waals surface area (Å²) in [5, 5.41) is 3.27. The van der Waals surface area contributed by atoms with E-state index in [9.17, 15) is 8.42 Å². The molecule has 100 valence electrons. The Balaban J connectivity index is 1.80. The molecule has 0 spiro atoms. The average molecular weight is 278 g/mol. The molecule has 2 heterocycles. The lowest BCUT2D eigenvalue weighted by molar-refractivity contribution is 0.401. The quantitative estimate of drug-likeness (QED) is 0.799. The van der Waals surface area contributed by atoms with E-state index >= 15 is 0 Å². The second kappa shape index (κ2) is 6.41. The molecule has 1 unspecified atom stereocenters. The van der Waals surface area contributed by atoms with Gasteiger partial charge in [0.1, 0.15) is 0 Å². The van der Waals surface area contributed by atoms with E-state index in [1.807, 2.05) is 11.8 Å². The summed E-state index contributed by atoms with van der Waals surface area (Å²) >= 11 is 1.92. The Bertz CT molecular complexity index is 294. The van der Waals surface area contributed by atoms with Gasteiger partial charge < -0.3 is 5.32 Å². The summed E-state index contributed by atoms with van der Waals surface area (Å²) in [5.41, 5.74) is 0. The highest BCUT2D eigenvalue weighted by Crippen LogP contribution is 2.18. The van der Waals surface area contributed by atoms with Gasteiger partial charge in [0.2, 0.25) is 10.0 Å². The number of piperidine rings is 1. The number of hydrogen-bond donors (Lipinski definition) is 2. The summed E-state index contributed by atoms with van der Waals surface area (Å²) < 4.78 is 26.9. The van der Waals surface area contributed by atoms with Crippen LogP contribution in [0.4, 0.5) is 0 Å². The third-order valence-corrected chi connectivity index (χ3v) is 6.07. The highest BCUT2D eigenvalue weighted by Gasteiger charge is 2.24. The van der Waals surface area contributed by atoms with Crippen molar-refractivity contribution in [3.05, 3.63) is 0 Å². The van der Waals surface area contributed by atoms with Crippen LogP contribution in [0.1, 0.15) is 25.7 Å². The molecule has 0 aromatic rings. The Hall–Kier alpha value is 0.220. The van der Waals surface area contributed by atoms with Crippen LogP contribution in [-0.4, -0.2) is 44.8 Å². The van der Waals surface area contributed by atoms with Crippen LogP contribution in [0, 0.1) is 5.92 Å². The molecule has 1 atom stereocenters. The van der Waals surface area contributed by atoms with Gasteiger partial charge in [0, 0.05) is 6.04 Å². The molecule has 0 aromatic heterocycles. The predicted octanol–water partition coefficient (Wildman–Crippen LogP) is 0.801. The van der Waals surface area contributed by atoms with Crippen molar-refractivity contribution in [1.82, 2.24) is 10.0 Å². The SMILES string of the molecule is O=S(=O)(CC1CCCNC1)NC1CCSCC1. The van der Waals surface area contributed by atoms with E-state index in [1.54, 1.807) is 0 Å². The van der Waals surface area contributed by atoms with Crippen LogP contribution in [0.25, 0.3) is 0 Å². The topological polar surface area (TPSA) is 58.2 Å². The Morgan fingerprint density at radius 3 is 2.65 bits per heavy atom. The largest absolute Gasteiger partial charge is 0.316 e. The first-order chi connectivity index (χ1) is 8.16. The van der Waals surface area contributed by atoms with Crippen molar-refractivity contribution >= 4 is 21.8 Å².